The molecule has 0 aliphatic carbocycles. The largest absolute Gasteiger partial charge is 0.493 e. The number of hydrogen-bond acceptors (Lipinski definition) is 5. The van der Waals surface area contributed by atoms with E-state index in [1.54, 1.807) is 20.3 Å². The number of ether oxygens (including phenoxy) is 2. The Kier molecular flexibility index (Phi) is 6.31. The van der Waals surface area contributed by atoms with Crippen molar-refractivity contribution in [3.63, 3.8) is 0 Å². The van der Waals surface area contributed by atoms with Crippen LogP contribution in [0.1, 0.15) is 24.5 Å². The molecule has 164 valence electrons. The fraction of sp³-hybridized carbons (Fsp3) is 0.192. The van der Waals surface area contributed by atoms with Crippen molar-refractivity contribution in [3.8, 4) is 11.5 Å². The number of fused-ring (bicyclic) bond motifs is 1. The van der Waals surface area contributed by atoms with Gasteiger partial charge in [-0.15, -0.1) is 0 Å². The van der Waals surface area contributed by atoms with Gasteiger partial charge in [0.15, 0.2) is 11.5 Å². The van der Waals surface area contributed by atoms with Gasteiger partial charge in [-0.05, 0) is 42.3 Å². The van der Waals surface area contributed by atoms with E-state index >= 15 is 0 Å². The molecule has 0 aromatic heterocycles. The van der Waals surface area contributed by atoms with E-state index in [0.29, 0.717) is 23.5 Å². The molecule has 6 nitrogen and oxygen atoms in total. The first kappa shape index (κ1) is 21.3. The summed E-state index contributed by atoms with van der Waals surface area (Å²) in [7, 11) is 3.17. The second-order valence-corrected chi connectivity index (χ2v) is 7.46. The van der Waals surface area contributed by atoms with Gasteiger partial charge in [-0.2, -0.15) is 0 Å². The quantitative estimate of drug-likeness (QED) is 0.412. The van der Waals surface area contributed by atoms with Gasteiger partial charge >= 0.3 is 0 Å². The Morgan fingerprint density at radius 3 is 2.25 bits per heavy atom. The molecule has 1 heterocycles. The normalized spacial score (nSPS) is 13.8. The summed E-state index contributed by atoms with van der Waals surface area (Å²) in [4.78, 5) is 12.8. The number of benzene rings is 3. The molecule has 0 fully saturated rings. The van der Waals surface area contributed by atoms with E-state index in [0.717, 1.165) is 34.9 Å². The maximum absolute atomic E-state index is 12.8. The molecule has 0 saturated carbocycles. The Labute approximate surface area is 188 Å². The molecule has 3 aromatic carbocycles. The Bertz CT molecular complexity index is 1140. The summed E-state index contributed by atoms with van der Waals surface area (Å²) in [5, 5.41) is 9.78. The molecule has 1 aliphatic heterocycles. The average molecular weight is 430 g/mol. The van der Waals surface area contributed by atoms with Crippen LogP contribution >= 0.6 is 0 Å². The van der Waals surface area contributed by atoms with Crippen LogP contribution in [0, 0.1) is 0 Å². The van der Waals surface area contributed by atoms with Crippen molar-refractivity contribution in [3.05, 3.63) is 83.6 Å². The highest BCUT2D eigenvalue weighted by molar-refractivity contribution is 6.32. The summed E-state index contributed by atoms with van der Waals surface area (Å²) in [5.74, 6) is 1.04. The van der Waals surface area contributed by atoms with Crippen molar-refractivity contribution in [2.75, 3.05) is 30.2 Å². The van der Waals surface area contributed by atoms with Crippen LogP contribution in [-0.4, -0.2) is 20.1 Å². The summed E-state index contributed by atoms with van der Waals surface area (Å²) >= 11 is 0. The molecule has 1 amide bonds. The summed E-state index contributed by atoms with van der Waals surface area (Å²) in [5.41, 5.74) is 6.19. The summed E-state index contributed by atoms with van der Waals surface area (Å²) < 4.78 is 10.8. The smallest absolute Gasteiger partial charge is 0.258 e. The lowest BCUT2D eigenvalue weighted by Gasteiger charge is -2.14. The number of carbonyl (C=O) groups is 1. The predicted molar refractivity (Wildman–Crippen MR) is 129 cm³/mol. The first-order valence-electron chi connectivity index (χ1n) is 10.6. The monoisotopic (exact) mass is 429 g/mol. The van der Waals surface area contributed by atoms with Gasteiger partial charge in [0.25, 0.3) is 5.91 Å². The predicted octanol–water partition coefficient (Wildman–Crippen LogP) is 5.50. The number of amides is 1. The molecular weight excluding hydrogens is 402 g/mol. The topological polar surface area (TPSA) is 71.6 Å². The number of methoxy groups -OCH3 is 2. The molecule has 0 bridgehead atoms. The van der Waals surface area contributed by atoms with Gasteiger partial charge in [0, 0.05) is 35.2 Å². The number of nitrogens with one attached hydrogen (secondary N) is 3. The average Bonchev–Trinajstić information content (AvgIpc) is 3.16. The van der Waals surface area contributed by atoms with Crippen molar-refractivity contribution in [2.24, 2.45) is 0 Å². The van der Waals surface area contributed by atoms with Crippen molar-refractivity contribution in [1.82, 2.24) is 0 Å². The number of carbonyl (C=O) groups excluding carboxylic acids is 1. The summed E-state index contributed by atoms with van der Waals surface area (Å²) in [6.07, 6.45) is 0.674. The fourth-order valence-corrected chi connectivity index (χ4v) is 3.76. The second-order valence-electron chi connectivity index (χ2n) is 7.46. The Hall–Kier alpha value is -3.93. The van der Waals surface area contributed by atoms with Crippen LogP contribution in [0.15, 0.2) is 72.4 Å². The van der Waals surface area contributed by atoms with Gasteiger partial charge in [0.1, 0.15) is 0 Å². The number of allylic oxidation sites excluding steroid dienone is 1. The molecule has 1 aliphatic rings. The van der Waals surface area contributed by atoms with Crippen LogP contribution in [0.4, 0.5) is 17.1 Å². The standard InChI is InChI=1S/C26H27N3O3/c1-4-21(25-20-14-23(31-2)24(32-3)15-22(20)29-26(25)30)28-19-12-10-17(11-13-19)16-27-18-8-6-5-7-9-18/h5-15,27-28H,4,16H2,1-3H3,(H,29,30)/b25-21-. The van der Waals surface area contributed by atoms with E-state index in [9.17, 15) is 4.79 Å². The van der Waals surface area contributed by atoms with E-state index in [1.807, 2.05) is 55.5 Å². The zero-order valence-corrected chi connectivity index (χ0v) is 18.5. The molecule has 0 unspecified atom stereocenters. The third-order valence-electron chi connectivity index (χ3n) is 5.44. The van der Waals surface area contributed by atoms with Gasteiger partial charge in [0.05, 0.1) is 25.5 Å². The SMILES string of the molecule is CC/C(Nc1ccc(CNc2ccccc2)cc1)=C1/C(=O)Nc2cc(OC)c(OC)cc21. The molecule has 32 heavy (non-hydrogen) atoms. The van der Waals surface area contributed by atoms with E-state index in [4.69, 9.17) is 9.47 Å². The van der Waals surface area contributed by atoms with Crippen LogP contribution in [0.3, 0.4) is 0 Å². The van der Waals surface area contributed by atoms with Crippen LogP contribution in [-0.2, 0) is 11.3 Å². The van der Waals surface area contributed by atoms with Crippen LogP contribution in [0.5, 0.6) is 11.5 Å². The molecular formula is C26H27N3O3. The van der Waals surface area contributed by atoms with Gasteiger partial charge in [-0.3, -0.25) is 4.79 Å². The number of rotatable bonds is 8. The molecule has 0 saturated heterocycles. The van der Waals surface area contributed by atoms with E-state index < -0.39 is 0 Å². The minimum Gasteiger partial charge on any atom is -0.493 e. The zero-order valence-electron chi connectivity index (χ0n) is 18.5. The van der Waals surface area contributed by atoms with Crippen LogP contribution in [0.25, 0.3) is 5.57 Å². The third-order valence-corrected chi connectivity index (χ3v) is 5.44. The highest BCUT2D eigenvalue weighted by Crippen LogP contribution is 2.42. The lowest BCUT2D eigenvalue weighted by Crippen LogP contribution is -2.10. The minimum absolute atomic E-state index is 0.136. The molecule has 6 heteroatoms. The molecule has 0 radical (unpaired) electrons. The molecule has 0 spiro atoms. The minimum atomic E-state index is -0.136. The van der Waals surface area contributed by atoms with Crippen LogP contribution < -0.4 is 25.4 Å². The first-order chi connectivity index (χ1) is 15.6. The molecule has 0 atom stereocenters. The number of para-hydroxylation sites is 1. The Morgan fingerprint density at radius 1 is 0.906 bits per heavy atom. The van der Waals surface area contributed by atoms with Gasteiger partial charge in [-0.25, -0.2) is 0 Å². The van der Waals surface area contributed by atoms with Crippen molar-refractivity contribution < 1.29 is 14.3 Å². The van der Waals surface area contributed by atoms with Crippen molar-refractivity contribution in [1.29, 1.82) is 0 Å². The summed E-state index contributed by atoms with van der Waals surface area (Å²) in [6, 6.07) is 22.0. The van der Waals surface area contributed by atoms with Crippen LogP contribution in [0.2, 0.25) is 0 Å². The van der Waals surface area contributed by atoms with Gasteiger partial charge in [0.2, 0.25) is 0 Å². The second kappa shape index (κ2) is 9.47. The molecule has 3 aromatic rings. The zero-order chi connectivity index (χ0) is 22.5. The maximum atomic E-state index is 12.8. The molecule has 3 N–H and O–H groups in total. The highest BCUT2D eigenvalue weighted by atomic mass is 16.5. The van der Waals surface area contributed by atoms with Gasteiger partial charge < -0.3 is 25.4 Å². The van der Waals surface area contributed by atoms with Crippen molar-refractivity contribution >= 4 is 28.5 Å². The number of anilines is 3. The highest BCUT2D eigenvalue weighted by Gasteiger charge is 2.29. The lowest BCUT2D eigenvalue weighted by molar-refractivity contribution is -0.110. The van der Waals surface area contributed by atoms with E-state index in [2.05, 4.69) is 28.1 Å². The van der Waals surface area contributed by atoms with Crippen molar-refractivity contribution in [2.45, 2.75) is 19.9 Å². The lowest BCUT2D eigenvalue weighted by atomic mass is 10.0. The first-order valence-corrected chi connectivity index (χ1v) is 10.6. The van der Waals surface area contributed by atoms with Gasteiger partial charge in [-0.1, -0.05) is 37.3 Å². The number of hydrogen-bond donors (Lipinski definition) is 3. The third kappa shape index (κ3) is 4.39. The Morgan fingerprint density at radius 2 is 1.59 bits per heavy atom. The fourth-order valence-electron chi connectivity index (χ4n) is 3.76. The molecule has 4 rings (SSSR count). The maximum Gasteiger partial charge on any atom is 0.258 e. The Balaban J connectivity index is 1.55. The van der Waals surface area contributed by atoms with E-state index in [1.165, 1.54) is 5.56 Å². The summed E-state index contributed by atoms with van der Waals surface area (Å²) in [6.45, 7) is 2.77. The van der Waals surface area contributed by atoms with E-state index in [-0.39, 0.29) is 5.91 Å².